The van der Waals surface area contributed by atoms with E-state index in [9.17, 15) is 14.7 Å². The first-order valence-electron chi connectivity index (χ1n) is 6.02. The van der Waals surface area contributed by atoms with E-state index in [-0.39, 0.29) is 18.9 Å². The second kappa shape index (κ2) is 7.67. The molecule has 0 radical (unpaired) electrons. The van der Waals surface area contributed by atoms with E-state index >= 15 is 0 Å². The molecule has 0 aromatic rings. The van der Waals surface area contributed by atoms with Gasteiger partial charge in [0.15, 0.2) is 0 Å². The van der Waals surface area contributed by atoms with Crippen molar-refractivity contribution in [2.24, 2.45) is 0 Å². The van der Waals surface area contributed by atoms with Crippen LogP contribution in [0.15, 0.2) is 0 Å². The highest BCUT2D eigenvalue weighted by Gasteiger charge is 2.34. The molecule has 0 aliphatic heterocycles. The summed E-state index contributed by atoms with van der Waals surface area (Å²) in [4.78, 5) is 24.3. The van der Waals surface area contributed by atoms with Gasteiger partial charge in [0.2, 0.25) is 5.91 Å². The Morgan fingerprint density at radius 1 is 1.39 bits per heavy atom. The zero-order chi connectivity index (χ0) is 14.2. The number of hydrogen-bond donors (Lipinski definition) is 2. The number of carbonyl (C=O) groups excluding carboxylic acids is 1. The Hall–Kier alpha value is -1.61. The first-order valence-corrected chi connectivity index (χ1v) is 6.02. The first kappa shape index (κ1) is 16.4. The lowest BCUT2D eigenvalue weighted by atomic mass is 9.93. The van der Waals surface area contributed by atoms with Gasteiger partial charge in [-0.15, -0.1) is 0 Å². The van der Waals surface area contributed by atoms with Crippen molar-refractivity contribution in [3.63, 3.8) is 0 Å². The predicted octanol–water partition coefficient (Wildman–Crippen LogP) is 0.591. The minimum Gasteiger partial charge on any atom is -0.480 e. The third kappa shape index (κ3) is 4.34. The van der Waals surface area contributed by atoms with Crippen molar-refractivity contribution in [3.05, 3.63) is 0 Å². The number of hydrogen-bond acceptors (Lipinski definition) is 4. The van der Waals surface area contributed by atoms with Gasteiger partial charge in [-0.3, -0.25) is 14.9 Å². The maximum absolute atomic E-state index is 11.7. The van der Waals surface area contributed by atoms with E-state index in [0.717, 1.165) is 0 Å². The van der Waals surface area contributed by atoms with Gasteiger partial charge in [0.25, 0.3) is 0 Å². The Morgan fingerprint density at radius 3 is 2.33 bits per heavy atom. The maximum atomic E-state index is 11.7. The predicted molar refractivity (Wildman–Crippen MR) is 66.8 cm³/mol. The number of nitrogens with zero attached hydrogens (tertiary/aromatic N) is 2. The minimum atomic E-state index is -1.05. The molecule has 0 rings (SSSR count). The second-order valence-electron chi connectivity index (χ2n) is 4.17. The quantitative estimate of drug-likeness (QED) is 0.662. The summed E-state index contributed by atoms with van der Waals surface area (Å²) in [6.45, 7) is 3.87. The molecule has 0 saturated heterocycles. The van der Waals surface area contributed by atoms with Crippen LogP contribution < -0.4 is 5.32 Å². The first-order chi connectivity index (χ1) is 8.43. The Kier molecular flexibility index (Phi) is 6.98. The molecule has 0 fully saturated rings. The van der Waals surface area contributed by atoms with Crippen molar-refractivity contribution in [3.8, 4) is 6.07 Å². The van der Waals surface area contributed by atoms with Gasteiger partial charge in [-0.2, -0.15) is 5.26 Å². The van der Waals surface area contributed by atoms with E-state index in [1.165, 1.54) is 4.90 Å². The Labute approximate surface area is 108 Å². The lowest BCUT2D eigenvalue weighted by Gasteiger charge is -2.28. The Bertz CT molecular complexity index is 332. The number of carboxylic acids is 1. The van der Waals surface area contributed by atoms with Gasteiger partial charge < -0.3 is 10.0 Å². The van der Waals surface area contributed by atoms with Crippen molar-refractivity contribution < 1.29 is 14.7 Å². The van der Waals surface area contributed by atoms with Crippen LogP contribution in [-0.4, -0.2) is 47.6 Å². The van der Waals surface area contributed by atoms with Gasteiger partial charge in [-0.1, -0.05) is 13.8 Å². The number of nitrogens with one attached hydrogen (secondary N) is 1. The summed E-state index contributed by atoms with van der Waals surface area (Å²) in [7, 11) is 1.60. The van der Waals surface area contributed by atoms with Crippen LogP contribution in [0.25, 0.3) is 0 Å². The average Bonchev–Trinajstić information content (AvgIpc) is 2.36. The number of carboxylic acid groups (broad SMARTS) is 1. The van der Waals surface area contributed by atoms with Crippen LogP contribution in [0.2, 0.25) is 0 Å². The van der Waals surface area contributed by atoms with Crippen LogP contribution in [0.5, 0.6) is 0 Å². The van der Waals surface area contributed by atoms with Crippen LogP contribution in [0.4, 0.5) is 0 Å². The number of likely N-dealkylation sites (N-methyl/N-ethyl adjacent to an activating group) is 1. The summed E-state index contributed by atoms with van der Waals surface area (Å²) in [5.41, 5.74) is -1.05. The molecule has 6 heteroatoms. The number of aliphatic carboxylic acids is 1. The molecule has 18 heavy (non-hydrogen) atoms. The van der Waals surface area contributed by atoms with E-state index < -0.39 is 11.5 Å². The number of amides is 1. The fraction of sp³-hybridized carbons (Fsp3) is 0.750. The fourth-order valence-electron chi connectivity index (χ4n) is 1.60. The molecule has 102 valence electrons. The fourth-order valence-corrected chi connectivity index (χ4v) is 1.60. The van der Waals surface area contributed by atoms with E-state index in [1.807, 2.05) is 6.07 Å². The summed E-state index contributed by atoms with van der Waals surface area (Å²) >= 11 is 0. The summed E-state index contributed by atoms with van der Waals surface area (Å²) in [5, 5.41) is 20.4. The molecule has 2 N–H and O–H groups in total. The number of carbonyl (C=O) groups is 2. The molecule has 0 aromatic heterocycles. The SMILES string of the molecule is CCC(CC)(NCC(=O)N(C)CCC#N)C(=O)O. The van der Waals surface area contributed by atoms with E-state index in [0.29, 0.717) is 19.4 Å². The average molecular weight is 255 g/mol. The monoisotopic (exact) mass is 255 g/mol. The van der Waals surface area contributed by atoms with E-state index in [4.69, 9.17) is 5.26 Å². The highest BCUT2D eigenvalue weighted by Crippen LogP contribution is 2.15. The summed E-state index contributed by atoms with van der Waals surface area (Å²) in [6.07, 6.45) is 1.09. The van der Waals surface area contributed by atoms with Crippen molar-refractivity contribution in [1.82, 2.24) is 10.2 Å². The second-order valence-corrected chi connectivity index (χ2v) is 4.17. The molecule has 0 spiro atoms. The van der Waals surface area contributed by atoms with Gasteiger partial charge >= 0.3 is 5.97 Å². The minimum absolute atomic E-state index is 0.0318. The van der Waals surface area contributed by atoms with Crippen LogP contribution in [0.1, 0.15) is 33.1 Å². The van der Waals surface area contributed by atoms with Gasteiger partial charge in [0.05, 0.1) is 19.0 Å². The van der Waals surface area contributed by atoms with Gasteiger partial charge in [-0.25, -0.2) is 0 Å². The topological polar surface area (TPSA) is 93.4 Å². The molecule has 0 bridgehead atoms. The molecule has 0 aliphatic carbocycles. The van der Waals surface area contributed by atoms with E-state index in [2.05, 4.69) is 5.32 Å². The zero-order valence-corrected chi connectivity index (χ0v) is 11.2. The summed E-state index contributed by atoms with van der Waals surface area (Å²) in [6, 6.07) is 1.96. The molecule has 0 unspecified atom stereocenters. The summed E-state index contributed by atoms with van der Waals surface area (Å²) < 4.78 is 0. The zero-order valence-electron chi connectivity index (χ0n) is 11.2. The third-order valence-electron chi connectivity index (χ3n) is 3.18. The van der Waals surface area contributed by atoms with Gasteiger partial charge in [0.1, 0.15) is 5.54 Å². The molecule has 0 atom stereocenters. The standard InChI is InChI=1S/C12H21N3O3/c1-4-12(5-2,11(17)18)14-9-10(16)15(3)8-6-7-13/h14H,4-6,8-9H2,1-3H3,(H,17,18). The van der Waals surface area contributed by atoms with Crippen molar-refractivity contribution in [2.45, 2.75) is 38.6 Å². The van der Waals surface area contributed by atoms with Crippen molar-refractivity contribution in [1.29, 1.82) is 5.26 Å². The molecule has 6 nitrogen and oxygen atoms in total. The lowest BCUT2D eigenvalue weighted by Crippen LogP contribution is -2.54. The van der Waals surface area contributed by atoms with E-state index in [1.54, 1.807) is 20.9 Å². The maximum Gasteiger partial charge on any atom is 0.323 e. The van der Waals surface area contributed by atoms with Gasteiger partial charge in [0, 0.05) is 13.6 Å². The Balaban J connectivity index is 4.41. The highest BCUT2D eigenvalue weighted by atomic mass is 16.4. The molecular formula is C12H21N3O3. The largest absolute Gasteiger partial charge is 0.480 e. The molecule has 0 saturated carbocycles. The molecule has 1 amide bonds. The normalized spacial score (nSPS) is 10.8. The van der Waals surface area contributed by atoms with Crippen LogP contribution >= 0.6 is 0 Å². The Morgan fingerprint density at radius 2 is 1.94 bits per heavy atom. The van der Waals surface area contributed by atoms with Crippen molar-refractivity contribution in [2.75, 3.05) is 20.1 Å². The molecule has 0 heterocycles. The lowest BCUT2D eigenvalue weighted by molar-refractivity contribution is -0.145. The van der Waals surface area contributed by atoms with Crippen LogP contribution in [-0.2, 0) is 9.59 Å². The molecular weight excluding hydrogens is 234 g/mol. The molecule has 0 aromatic carbocycles. The smallest absolute Gasteiger partial charge is 0.323 e. The van der Waals surface area contributed by atoms with Gasteiger partial charge in [-0.05, 0) is 12.8 Å². The van der Waals surface area contributed by atoms with Crippen LogP contribution in [0.3, 0.4) is 0 Å². The number of nitriles is 1. The van der Waals surface area contributed by atoms with Crippen molar-refractivity contribution >= 4 is 11.9 Å². The van der Waals surface area contributed by atoms with Crippen LogP contribution in [0, 0.1) is 11.3 Å². The summed E-state index contributed by atoms with van der Waals surface area (Å²) in [5.74, 6) is -1.15. The third-order valence-corrected chi connectivity index (χ3v) is 3.18. The number of rotatable bonds is 8. The highest BCUT2D eigenvalue weighted by molar-refractivity contribution is 5.82. The molecule has 0 aliphatic rings.